The molecule has 1 unspecified atom stereocenters. The molecular formula is C26H21FN4O5S. The number of amides is 1. The Labute approximate surface area is 214 Å². The van der Waals surface area contributed by atoms with E-state index in [2.05, 4.69) is 9.97 Å². The number of anilines is 1. The van der Waals surface area contributed by atoms with Crippen molar-refractivity contribution in [2.24, 2.45) is 0 Å². The summed E-state index contributed by atoms with van der Waals surface area (Å²) in [6.45, 7) is 5.03. The molecule has 1 aliphatic rings. The second-order valence-electron chi connectivity index (χ2n) is 8.30. The van der Waals surface area contributed by atoms with E-state index < -0.39 is 35.3 Å². The van der Waals surface area contributed by atoms with E-state index >= 15 is 4.39 Å². The summed E-state index contributed by atoms with van der Waals surface area (Å²) in [5.74, 6) is -3.82. The predicted octanol–water partition coefficient (Wildman–Crippen LogP) is 4.35. The Morgan fingerprint density at radius 2 is 1.84 bits per heavy atom. The number of aliphatic hydroxyl groups excluding tert-OH is 1. The van der Waals surface area contributed by atoms with E-state index in [9.17, 15) is 19.5 Å². The van der Waals surface area contributed by atoms with Gasteiger partial charge in [-0.3, -0.25) is 18.9 Å². The number of ketones is 1. The van der Waals surface area contributed by atoms with Crippen LogP contribution >= 0.6 is 11.3 Å². The fourth-order valence-electron chi connectivity index (χ4n) is 4.42. The molecule has 0 aliphatic carbocycles. The number of carbonyl (C=O) groups is 3. The number of hydrogen-bond donors (Lipinski definition) is 1. The molecule has 9 nitrogen and oxygen atoms in total. The number of aryl methyl sites for hydroxylation is 2. The Kier molecular flexibility index (Phi) is 6.08. The Morgan fingerprint density at radius 3 is 2.57 bits per heavy atom. The molecule has 0 bridgehead atoms. The van der Waals surface area contributed by atoms with Crippen LogP contribution < -0.4 is 4.90 Å². The number of imidazole rings is 1. The van der Waals surface area contributed by atoms with E-state index in [1.165, 1.54) is 18.2 Å². The maximum Gasteiger partial charge on any atom is 0.350 e. The summed E-state index contributed by atoms with van der Waals surface area (Å²) in [6.07, 6.45) is 1.66. The van der Waals surface area contributed by atoms with E-state index in [1.807, 2.05) is 0 Å². The fourth-order valence-corrected chi connectivity index (χ4v) is 5.41. The van der Waals surface area contributed by atoms with Crippen molar-refractivity contribution in [3.63, 3.8) is 0 Å². The van der Waals surface area contributed by atoms with E-state index in [1.54, 1.807) is 55.6 Å². The van der Waals surface area contributed by atoms with E-state index in [4.69, 9.17) is 4.74 Å². The highest BCUT2D eigenvalue weighted by atomic mass is 32.1. The first-order valence-corrected chi connectivity index (χ1v) is 12.2. The minimum absolute atomic E-state index is 0.00446. The van der Waals surface area contributed by atoms with E-state index in [-0.39, 0.29) is 33.4 Å². The summed E-state index contributed by atoms with van der Waals surface area (Å²) >= 11 is 0.855. The minimum Gasteiger partial charge on any atom is -0.505 e. The number of fused-ring (bicyclic) bond motifs is 1. The van der Waals surface area contributed by atoms with Crippen LogP contribution in [0.15, 0.2) is 54.2 Å². The lowest BCUT2D eigenvalue weighted by Gasteiger charge is -2.23. The highest BCUT2D eigenvalue weighted by molar-refractivity contribution is 7.17. The van der Waals surface area contributed by atoms with Gasteiger partial charge in [-0.2, -0.15) is 0 Å². The third-order valence-electron chi connectivity index (χ3n) is 6.02. The van der Waals surface area contributed by atoms with Gasteiger partial charge in [-0.15, -0.1) is 0 Å². The number of hydrogen-bond acceptors (Lipinski definition) is 8. The van der Waals surface area contributed by atoms with Crippen molar-refractivity contribution in [3.8, 4) is 0 Å². The lowest BCUT2D eigenvalue weighted by Crippen LogP contribution is -2.29. The molecule has 5 rings (SSSR count). The molecule has 1 saturated heterocycles. The van der Waals surface area contributed by atoms with Gasteiger partial charge in [0.1, 0.15) is 28.1 Å². The SMILES string of the molecule is CCOC(=O)c1sc(N2C(=O)C(=O)C(=C(O)c3c(C)nc4ccccn34)C2c2ccccc2F)nc1C. The maximum atomic E-state index is 15.1. The number of halogens is 1. The van der Waals surface area contributed by atoms with Crippen molar-refractivity contribution in [2.45, 2.75) is 26.8 Å². The zero-order valence-corrected chi connectivity index (χ0v) is 20.9. The molecule has 4 heterocycles. The lowest BCUT2D eigenvalue weighted by atomic mass is 9.96. The van der Waals surface area contributed by atoms with Gasteiger partial charge in [0.2, 0.25) is 0 Å². The van der Waals surface area contributed by atoms with Crippen molar-refractivity contribution < 1.29 is 28.6 Å². The summed E-state index contributed by atoms with van der Waals surface area (Å²) in [4.78, 5) is 49.1. The molecule has 1 fully saturated rings. The van der Waals surface area contributed by atoms with Crippen LogP contribution in [0.1, 0.15) is 45.3 Å². The number of pyridine rings is 1. The third kappa shape index (κ3) is 3.87. The average Bonchev–Trinajstić information content (AvgIpc) is 3.50. The monoisotopic (exact) mass is 520 g/mol. The number of rotatable bonds is 5. The van der Waals surface area contributed by atoms with Gasteiger partial charge in [-0.05, 0) is 39.0 Å². The molecule has 37 heavy (non-hydrogen) atoms. The van der Waals surface area contributed by atoms with E-state index in [0.29, 0.717) is 17.0 Å². The smallest absolute Gasteiger partial charge is 0.350 e. The standard InChI is InChI=1S/C26H21FN4O5S/c1-4-36-25(35)23-14(3)29-26(37-23)31-20(15-9-5-6-10-16(15)27)18(22(33)24(31)34)21(32)19-13(2)28-17-11-7-8-12-30(17)19/h5-12,20,32H,4H2,1-3H3. The first kappa shape index (κ1) is 24.3. The Balaban J connectivity index is 1.76. The second kappa shape index (κ2) is 9.25. The Bertz CT molecular complexity index is 1620. The molecule has 4 aromatic rings. The molecule has 1 N–H and O–H groups in total. The Hall–Kier alpha value is -4.38. The maximum absolute atomic E-state index is 15.1. The molecule has 0 radical (unpaired) electrons. The largest absolute Gasteiger partial charge is 0.505 e. The molecule has 188 valence electrons. The van der Waals surface area contributed by atoms with Gasteiger partial charge < -0.3 is 9.84 Å². The van der Waals surface area contributed by atoms with Crippen molar-refractivity contribution >= 4 is 45.5 Å². The summed E-state index contributed by atoms with van der Waals surface area (Å²) in [7, 11) is 0. The first-order chi connectivity index (χ1) is 17.7. The second-order valence-corrected chi connectivity index (χ2v) is 9.27. The fraction of sp³-hybridized carbons (Fsp3) is 0.192. The number of thiazole rings is 1. The number of aromatic nitrogens is 3. The number of nitrogens with zero attached hydrogens (tertiary/aromatic N) is 4. The van der Waals surface area contributed by atoms with Crippen LogP contribution in [-0.4, -0.2) is 43.7 Å². The van der Waals surface area contributed by atoms with Crippen molar-refractivity contribution in [1.82, 2.24) is 14.4 Å². The molecule has 0 saturated carbocycles. The zero-order valence-electron chi connectivity index (χ0n) is 20.1. The van der Waals surface area contributed by atoms with Gasteiger partial charge >= 0.3 is 11.9 Å². The number of ether oxygens (including phenoxy) is 1. The highest BCUT2D eigenvalue weighted by Crippen LogP contribution is 2.44. The van der Waals surface area contributed by atoms with Crippen LogP contribution in [0, 0.1) is 19.7 Å². The molecule has 1 atom stereocenters. The van der Waals surface area contributed by atoms with E-state index in [0.717, 1.165) is 16.2 Å². The molecule has 1 aliphatic heterocycles. The molecule has 3 aromatic heterocycles. The molecule has 11 heteroatoms. The van der Waals surface area contributed by atoms with Crippen LogP contribution in [0.3, 0.4) is 0 Å². The lowest BCUT2D eigenvalue weighted by molar-refractivity contribution is -0.132. The van der Waals surface area contributed by atoms with Gasteiger partial charge in [0.25, 0.3) is 5.78 Å². The van der Waals surface area contributed by atoms with Crippen LogP contribution in [0.2, 0.25) is 0 Å². The van der Waals surface area contributed by atoms with Crippen molar-refractivity contribution in [2.75, 3.05) is 11.5 Å². The number of Topliss-reactive ketones (excluding diaryl/α,β-unsaturated/α-hetero) is 1. The minimum atomic E-state index is -1.34. The number of esters is 1. The van der Waals surface area contributed by atoms with Crippen molar-refractivity contribution in [3.05, 3.63) is 87.6 Å². The third-order valence-corrected chi connectivity index (χ3v) is 7.16. The number of carbonyl (C=O) groups excluding carboxylic acids is 3. The Morgan fingerprint density at radius 1 is 1.11 bits per heavy atom. The van der Waals surface area contributed by atoms with Crippen LogP contribution in [0.5, 0.6) is 0 Å². The predicted molar refractivity (Wildman–Crippen MR) is 134 cm³/mol. The zero-order chi connectivity index (χ0) is 26.4. The quantitative estimate of drug-likeness (QED) is 0.180. The first-order valence-electron chi connectivity index (χ1n) is 11.4. The number of benzene rings is 1. The summed E-state index contributed by atoms with van der Waals surface area (Å²) in [5, 5.41) is 11.5. The normalized spacial score (nSPS) is 17.1. The molecular weight excluding hydrogens is 499 g/mol. The van der Waals surface area contributed by atoms with Gasteiger partial charge in [0.05, 0.1) is 23.6 Å². The molecule has 1 amide bonds. The molecule has 1 aromatic carbocycles. The average molecular weight is 521 g/mol. The highest BCUT2D eigenvalue weighted by Gasteiger charge is 2.49. The van der Waals surface area contributed by atoms with Crippen LogP contribution in [0.4, 0.5) is 9.52 Å². The van der Waals surface area contributed by atoms with Gasteiger partial charge in [-0.25, -0.2) is 19.2 Å². The summed E-state index contributed by atoms with van der Waals surface area (Å²) < 4.78 is 21.8. The number of aliphatic hydroxyl groups is 1. The topological polar surface area (TPSA) is 114 Å². The molecule has 0 spiro atoms. The van der Waals surface area contributed by atoms with Crippen molar-refractivity contribution in [1.29, 1.82) is 0 Å². The van der Waals surface area contributed by atoms with Gasteiger partial charge in [-0.1, -0.05) is 35.6 Å². The van der Waals surface area contributed by atoms with Gasteiger partial charge in [0.15, 0.2) is 10.9 Å². The summed E-state index contributed by atoms with van der Waals surface area (Å²) in [5.41, 5.74) is 1.11. The van der Waals surface area contributed by atoms with Crippen LogP contribution in [0.25, 0.3) is 11.4 Å². The van der Waals surface area contributed by atoms with Crippen LogP contribution in [-0.2, 0) is 14.3 Å². The van der Waals surface area contributed by atoms with Gasteiger partial charge in [0, 0.05) is 11.8 Å². The summed E-state index contributed by atoms with van der Waals surface area (Å²) in [6, 6.07) is 9.57.